The maximum atomic E-state index is 13.9. The van der Waals surface area contributed by atoms with Gasteiger partial charge in [-0.1, -0.05) is 0 Å². The highest BCUT2D eigenvalue weighted by atomic mass is 19.2. The van der Waals surface area contributed by atoms with Crippen LogP contribution in [0.4, 0.5) is 42.0 Å². The molecule has 0 saturated carbocycles. The molecule has 1 heterocycles. The Bertz CT molecular complexity index is 958. The van der Waals surface area contributed by atoms with Gasteiger partial charge in [0.2, 0.25) is 5.95 Å². The molecular formula is C19H18F3N5. The average molecular weight is 373 g/mol. The molecule has 8 heteroatoms. The van der Waals surface area contributed by atoms with Gasteiger partial charge >= 0.3 is 0 Å². The maximum absolute atomic E-state index is 13.9. The Kier molecular flexibility index (Phi) is 5.16. The highest BCUT2D eigenvalue weighted by Gasteiger charge is 2.14. The van der Waals surface area contributed by atoms with E-state index in [4.69, 9.17) is 0 Å². The second kappa shape index (κ2) is 7.53. The van der Waals surface area contributed by atoms with Gasteiger partial charge in [-0.2, -0.15) is 4.98 Å². The van der Waals surface area contributed by atoms with Crippen LogP contribution in [0.2, 0.25) is 0 Å². The zero-order valence-corrected chi connectivity index (χ0v) is 15.0. The summed E-state index contributed by atoms with van der Waals surface area (Å²) in [6, 6.07) is 11.2. The molecule has 0 spiro atoms. The molecular weight excluding hydrogens is 355 g/mol. The molecule has 0 bridgehead atoms. The molecule has 0 unspecified atom stereocenters. The molecule has 0 fully saturated rings. The molecule has 2 N–H and O–H groups in total. The fraction of sp³-hybridized carbons (Fsp3) is 0.158. The van der Waals surface area contributed by atoms with Crippen molar-refractivity contribution in [3.05, 3.63) is 65.6 Å². The third-order valence-electron chi connectivity index (χ3n) is 3.79. The van der Waals surface area contributed by atoms with Crippen molar-refractivity contribution in [3.8, 4) is 0 Å². The molecule has 0 aliphatic rings. The van der Waals surface area contributed by atoms with Crippen LogP contribution >= 0.6 is 0 Å². The lowest BCUT2D eigenvalue weighted by molar-refractivity contribution is 0.449. The SMILES string of the molecule is Cc1cc(Nc2ccc(F)c(F)c2F)nc(Nc2ccc(N(C)C)cc2)n1. The summed E-state index contributed by atoms with van der Waals surface area (Å²) in [6.45, 7) is 1.74. The van der Waals surface area contributed by atoms with E-state index in [1.165, 1.54) is 0 Å². The Morgan fingerprint density at radius 1 is 0.852 bits per heavy atom. The Labute approximate surface area is 154 Å². The number of aryl methyl sites for hydroxylation is 1. The van der Waals surface area contributed by atoms with Crippen LogP contribution in [0.15, 0.2) is 42.5 Å². The molecule has 0 aliphatic carbocycles. The van der Waals surface area contributed by atoms with Gasteiger partial charge in [0, 0.05) is 37.2 Å². The molecule has 5 nitrogen and oxygen atoms in total. The van der Waals surface area contributed by atoms with E-state index in [2.05, 4.69) is 20.6 Å². The summed E-state index contributed by atoms with van der Waals surface area (Å²) in [7, 11) is 3.89. The number of benzene rings is 2. The molecule has 0 aliphatic heterocycles. The summed E-state index contributed by atoms with van der Waals surface area (Å²) < 4.78 is 40.3. The summed E-state index contributed by atoms with van der Waals surface area (Å²) in [5.74, 6) is -3.55. The van der Waals surface area contributed by atoms with Gasteiger partial charge < -0.3 is 15.5 Å². The first-order chi connectivity index (χ1) is 12.8. The number of halogens is 3. The van der Waals surface area contributed by atoms with Crippen molar-refractivity contribution in [1.29, 1.82) is 0 Å². The fourth-order valence-corrected chi connectivity index (χ4v) is 2.42. The van der Waals surface area contributed by atoms with Gasteiger partial charge in [-0.25, -0.2) is 18.2 Å². The van der Waals surface area contributed by atoms with Gasteiger partial charge in [0.05, 0.1) is 5.69 Å². The number of nitrogens with one attached hydrogen (secondary N) is 2. The van der Waals surface area contributed by atoms with Crippen molar-refractivity contribution < 1.29 is 13.2 Å². The van der Waals surface area contributed by atoms with E-state index in [-0.39, 0.29) is 17.5 Å². The van der Waals surface area contributed by atoms with Crippen LogP contribution in [0.5, 0.6) is 0 Å². The topological polar surface area (TPSA) is 53.1 Å². The van der Waals surface area contributed by atoms with Crippen LogP contribution in [0.3, 0.4) is 0 Å². The maximum Gasteiger partial charge on any atom is 0.229 e. The quantitative estimate of drug-likeness (QED) is 0.632. The average Bonchev–Trinajstić information content (AvgIpc) is 2.62. The molecule has 0 atom stereocenters. The normalized spacial score (nSPS) is 10.6. The van der Waals surface area contributed by atoms with E-state index >= 15 is 0 Å². The minimum Gasteiger partial charge on any atom is -0.378 e. The molecule has 0 saturated heterocycles. The lowest BCUT2D eigenvalue weighted by Crippen LogP contribution is -2.08. The lowest BCUT2D eigenvalue weighted by atomic mass is 10.2. The number of aromatic nitrogens is 2. The predicted molar refractivity (Wildman–Crippen MR) is 100 cm³/mol. The molecule has 140 valence electrons. The smallest absolute Gasteiger partial charge is 0.229 e. The Morgan fingerprint density at radius 2 is 1.56 bits per heavy atom. The highest BCUT2D eigenvalue weighted by Crippen LogP contribution is 2.24. The first-order valence-electron chi connectivity index (χ1n) is 8.14. The number of rotatable bonds is 5. The summed E-state index contributed by atoms with van der Waals surface area (Å²) in [4.78, 5) is 10.5. The molecule has 0 amide bonds. The van der Waals surface area contributed by atoms with Crippen molar-refractivity contribution in [2.75, 3.05) is 29.6 Å². The summed E-state index contributed by atoms with van der Waals surface area (Å²) in [5, 5.41) is 5.72. The second-order valence-corrected chi connectivity index (χ2v) is 6.13. The van der Waals surface area contributed by atoms with E-state index in [0.29, 0.717) is 5.69 Å². The van der Waals surface area contributed by atoms with Crippen molar-refractivity contribution in [3.63, 3.8) is 0 Å². The molecule has 0 radical (unpaired) electrons. The highest BCUT2D eigenvalue weighted by molar-refractivity contribution is 5.62. The number of anilines is 5. The first-order valence-corrected chi connectivity index (χ1v) is 8.14. The van der Waals surface area contributed by atoms with Crippen molar-refractivity contribution in [2.24, 2.45) is 0 Å². The van der Waals surface area contributed by atoms with Crippen LogP contribution in [-0.4, -0.2) is 24.1 Å². The molecule has 2 aromatic carbocycles. The third kappa shape index (κ3) is 4.28. The molecule has 1 aromatic heterocycles. The monoisotopic (exact) mass is 373 g/mol. The van der Waals surface area contributed by atoms with Gasteiger partial charge in [0.25, 0.3) is 0 Å². The number of hydrogen-bond donors (Lipinski definition) is 2. The molecule has 3 rings (SSSR count). The predicted octanol–water partition coefficient (Wildman–Crippen LogP) is 4.76. The lowest BCUT2D eigenvalue weighted by Gasteiger charge is -2.14. The zero-order valence-electron chi connectivity index (χ0n) is 15.0. The summed E-state index contributed by atoms with van der Waals surface area (Å²) in [6.07, 6.45) is 0. The minimum absolute atomic E-state index is 0.215. The summed E-state index contributed by atoms with van der Waals surface area (Å²) >= 11 is 0. The van der Waals surface area contributed by atoms with E-state index in [1.807, 2.05) is 43.3 Å². The Hall–Kier alpha value is -3.29. The van der Waals surface area contributed by atoms with E-state index in [1.54, 1.807) is 13.0 Å². The molecule has 3 aromatic rings. The van der Waals surface area contributed by atoms with E-state index in [9.17, 15) is 13.2 Å². The van der Waals surface area contributed by atoms with Crippen molar-refractivity contribution in [2.45, 2.75) is 6.92 Å². The van der Waals surface area contributed by atoms with Gasteiger partial charge in [-0.3, -0.25) is 0 Å². The first kappa shape index (κ1) is 18.5. The van der Waals surface area contributed by atoms with Crippen LogP contribution in [0, 0.1) is 24.4 Å². The van der Waals surface area contributed by atoms with Crippen LogP contribution in [0.25, 0.3) is 0 Å². The number of nitrogens with zero attached hydrogens (tertiary/aromatic N) is 3. The van der Waals surface area contributed by atoms with Crippen molar-refractivity contribution in [1.82, 2.24) is 9.97 Å². The van der Waals surface area contributed by atoms with Crippen molar-refractivity contribution >= 4 is 28.8 Å². The van der Waals surface area contributed by atoms with Gasteiger partial charge in [0.15, 0.2) is 17.5 Å². The number of hydrogen-bond acceptors (Lipinski definition) is 5. The molecule has 27 heavy (non-hydrogen) atoms. The van der Waals surface area contributed by atoms with Gasteiger partial charge in [-0.15, -0.1) is 0 Å². The van der Waals surface area contributed by atoms with E-state index < -0.39 is 17.5 Å². The van der Waals surface area contributed by atoms with Gasteiger partial charge in [-0.05, 0) is 43.3 Å². The minimum atomic E-state index is -1.54. The van der Waals surface area contributed by atoms with Crippen LogP contribution in [-0.2, 0) is 0 Å². The largest absolute Gasteiger partial charge is 0.378 e. The third-order valence-corrected chi connectivity index (χ3v) is 3.79. The Morgan fingerprint density at radius 3 is 2.22 bits per heavy atom. The van der Waals surface area contributed by atoms with E-state index in [0.717, 1.165) is 23.5 Å². The standard InChI is InChI=1S/C19H18F3N5/c1-11-10-16(25-15-9-8-14(20)17(21)18(15)22)26-19(23-11)24-12-4-6-13(7-5-12)27(2)3/h4-10H,1-3H3,(H2,23,24,25,26). The zero-order chi connectivity index (χ0) is 19.6. The Balaban J connectivity index is 1.83. The van der Waals surface area contributed by atoms with Gasteiger partial charge in [0.1, 0.15) is 5.82 Å². The summed E-state index contributed by atoms with van der Waals surface area (Å²) in [5.41, 5.74) is 2.22. The fourth-order valence-electron chi connectivity index (χ4n) is 2.42. The van der Waals surface area contributed by atoms with Crippen LogP contribution in [0.1, 0.15) is 5.69 Å². The van der Waals surface area contributed by atoms with Crippen LogP contribution < -0.4 is 15.5 Å². The second-order valence-electron chi connectivity index (χ2n) is 6.13.